The highest BCUT2D eigenvalue weighted by Crippen LogP contribution is 2.34. The lowest BCUT2D eigenvalue weighted by Crippen LogP contribution is -2.34. The molecule has 1 N–H and O–H groups in total. The smallest absolute Gasteiger partial charge is 0.271 e. The second-order valence-corrected chi connectivity index (χ2v) is 8.90. The fraction of sp³-hybridized carbons (Fsp3) is 0.615. The third-order valence-electron chi connectivity index (χ3n) is 3.60. The highest BCUT2D eigenvalue weighted by molar-refractivity contribution is 8.15. The summed E-state index contributed by atoms with van der Waals surface area (Å²) in [6, 6.07) is 0.158. The van der Waals surface area contributed by atoms with Crippen LogP contribution in [0.15, 0.2) is 9.59 Å². The number of hydrogen-bond donors (Lipinski definition) is 1. The van der Waals surface area contributed by atoms with Gasteiger partial charge in [0.25, 0.3) is 15.0 Å². The van der Waals surface area contributed by atoms with E-state index in [9.17, 15) is 13.2 Å². The summed E-state index contributed by atoms with van der Waals surface area (Å²) in [4.78, 5) is 12.2. The van der Waals surface area contributed by atoms with Crippen LogP contribution in [0.5, 0.6) is 0 Å². The Morgan fingerprint density at radius 2 is 2.20 bits per heavy atom. The van der Waals surface area contributed by atoms with Crippen LogP contribution in [0.3, 0.4) is 0 Å². The Labute approximate surface area is 127 Å². The Bertz CT molecular complexity index is 605. The van der Waals surface area contributed by atoms with Crippen LogP contribution < -0.4 is 5.32 Å². The molecule has 4 nitrogen and oxygen atoms in total. The van der Waals surface area contributed by atoms with Gasteiger partial charge in [-0.2, -0.15) is 0 Å². The third kappa shape index (κ3) is 3.74. The first-order valence-electron chi connectivity index (χ1n) is 6.66. The summed E-state index contributed by atoms with van der Waals surface area (Å²) in [5.74, 6) is 0.528. The van der Waals surface area contributed by atoms with Gasteiger partial charge in [0, 0.05) is 22.1 Å². The maximum absolute atomic E-state index is 12.2. The number of hydrogen-bond acceptors (Lipinski definition) is 4. The van der Waals surface area contributed by atoms with Gasteiger partial charge < -0.3 is 5.32 Å². The fourth-order valence-electron chi connectivity index (χ4n) is 2.21. The molecule has 7 heteroatoms. The van der Waals surface area contributed by atoms with E-state index in [0.29, 0.717) is 11.1 Å². The molecule has 0 aliphatic heterocycles. The molecule has 0 bridgehead atoms. The fourth-order valence-corrected chi connectivity index (χ4v) is 4.76. The van der Waals surface area contributed by atoms with Gasteiger partial charge in [-0.15, -0.1) is 11.3 Å². The second kappa shape index (κ2) is 6.03. The van der Waals surface area contributed by atoms with Crippen molar-refractivity contribution >= 4 is 37.0 Å². The molecule has 1 aromatic heterocycles. The summed E-state index contributed by atoms with van der Waals surface area (Å²) in [6.07, 6.45) is 4.38. The molecule has 20 heavy (non-hydrogen) atoms. The molecule has 1 unspecified atom stereocenters. The van der Waals surface area contributed by atoms with Gasteiger partial charge in [0.15, 0.2) is 0 Å². The average molecular weight is 336 g/mol. The van der Waals surface area contributed by atoms with E-state index < -0.39 is 9.05 Å². The Kier molecular flexibility index (Phi) is 4.76. The highest BCUT2D eigenvalue weighted by Gasteiger charge is 2.27. The van der Waals surface area contributed by atoms with E-state index >= 15 is 0 Å². The molecule has 1 aliphatic rings. The molecule has 1 heterocycles. The molecule has 1 aromatic rings. The quantitative estimate of drug-likeness (QED) is 0.811. The van der Waals surface area contributed by atoms with Crippen molar-refractivity contribution in [3.63, 3.8) is 0 Å². The van der Waals surface area contributed by atoms with Crippen LogP contribution in [0.25, 0.3) is 0 Å². The summed E-state index contributed by atoms with van der Waals surface area (Å²) in [5, 5.41) is 4.55. The van der Waals surface area contributed by atoms with Gasteiger partial charge in [0.05, 0.1) is 5.56 Å². The first-order valence-corrected chi connectivity index (χ1v) is 9.85. The van der Waals surface area contributed by atoms with E-state index in [1.165, 1.54) is 12.8 Å². The van der Waals surface area contributed by atoms with Crippen molar-refractivity contribution in [1.82, 2.24) is 5.32 Å². The number of halogens is 1. The molecule has 0 saturated heterocycles. The third-order valence-corrected chi connectivity index (χ3v) is 6.91. The lowest BCUT2D eigenvalue weighted by Gasteiger charge is -2.16. The van der Waals surface area contributed by atoms with Gasteiger partial charge in [-0.25, -0.2) is 8.42 Å². The van der Waals surface area contributed by atoms with E-state index in [1.54, 1.807) is 12.3 Å². The molecule has 1 aliphatic carbocycles. The van der Waals surface area contributed by atoms with E-state index in [4.69, 9.17) is 10.7 Å². The van der Waals surface area contributed by atoms with E-state index in [2.05, 4.69) is 5.32 Å². The van der Waals surface area contributed by atoms with E-state index in [1.807, 2.05) is 6.92 Å². The van der Waals surface area contributed by atoms with E-state index in [-0.39, 0.29) is 16.2 Å². The van der Waals surface area contributed by atoms with Crippen LogP contribution >= 0.6 is 22.0 Å². The van der Waals surface area contributed by atoms with Gasteiger partial charge in [0.1, 0.15) is 4.21 Å². The van der Waals surface area contributed by atoms with Crippen LogP contribution in [-0.4, -0.2) is 20.4 Å². The van der Waals surface area contributed by atoms with Crippen molar-refractivity contribution in [3.05, 3.63) is 16.5 Å². The number of thiophene rings is 1. The van der Waals surface area contributed by atoms with Crippen molar-refractivity contribution in [2.45, 2.75) is 49.8 Å². The minimum Gasteiger partial charge on any atom is -0.349 e. The molecule has 1 atom stereocenters. The minimum absolute atomic E-state index is 0.0551. The standard InChI is InChI=1S/C13H18ClNO3S2/c1-3-10(6-9-4-5-9)15-12(16)11-7-19-13(8(11)2)20(14,17)18/h7,9-10H,3-6H2,1-2H3,(H,15,16). The first-order chi connectivity index (χ1) is 9.32. The molecular formula is C13H18ClNO3S2. The molecule has 0 radical (unpaired) electrons. The lowest BCUT2D eigenvalue weighted by atomic mass is 10.1. The van der Waals surface area contributed by atoms with Gasteiger partial charge in [-0.3, -0.25) is 4.79 Å². The van der Waals surface area contributed by atoms with Crippen LogP contribution in [0.4, 0.5) is 0 Å². The lowest BCUT2D eigenvalue weighted by molar-refractivity contribution is 0.0932. The average Bonchev–Trinajstić information content (AvgIpc) is 3.07. The molecule has 1 fully saturated rings. The number of carbonyl (C=O) groups excluding carboxylic acids is 1. The van der Waals surface area contributed by atoms with Crippen molar-refractivity contribution < 1.29 is 13.2 Å². The van der Waals surface area contributed by atoms with Crippen LogP contribution in [-0.2, 0) is 9.05 Å². The Morgan fingerprint density at radius 1 is 1.55 bits per heavy atom. The van der Waals surface area contributed by atoms with Crippen LogP contribution in [0.2, 0.25) is 0 Å². The summed E-state index contributed by atoms with van der Waals surface area (Å²) < 4.78 is 22.8. The predicted octanol–water partition coefficient (Wildman–Crippen LogP) is 3.29. The maximum Gasteiger partial charge on any atom is 0.271 e. The molecular weight excluding hydrogens is 318 g/mol. The highest BCUT2D eigenvalue weighted by atomic mass is 35.7. The molecule has 2 rings (SSSR count). The number of nitrogens with one attached hydrogen (secondary N) is 1. The van der Waals surface area contributed by atoms with Crippen molar-refractivity contribution in [1.29, 1.82) is 0 Å². The normalized spacial score (nSPS) is 16.9. The van der Waals surface area contributed by atoms with E-state index in [0.717, 1.165) is 30.1 Å². The molecule has 112 valence electrons. The summed E-state index contributed by atoms with van der Waals surface area (Å²) >= 11 is 0.992. The van der Waals surface area contributed by atoms with Gasteiger partial charge >= 0.3 is 0 Å². The zero-order valence-corrected chi connectivity index (χ0v) is 13.9. The molecule has 1 saturated carbocycles. The molecule has 0 spiro atoms. The number of amides is 1. The largest absolute Gasteiger partial charge is 0.349 e. The summed E-state index contributed by atoms with van der Waals surface area (Å²) in [5.41, 5.74) is 0.840. The molecule has 1 amide bonds. The van der Waals surface area contributed by atoms with Gasteiger partial charge in [0.2, 0.25) is 0 Å². The van der Waals surface area contributed by atoms with Crippen molar-refractivity contribution in [2.24, 2.45) is 5.92 Å². The topological polar surface area (TPSA) is 63.2 Å². The van der Waals surface area contributed by atoms with Gasteiger partial charge in [-0.1, -0.05) is 19.8 Å². The van der Waals surface area contributed by atoms with Crippen molar-refractivity contribution in [2.75, 3.05) is 0 Å². The van der Waals surface area contributed by atoms with Gasteiger partial charge in [-0.05, 0) is 31.2 Å². The van der Waals surface area contributed by atoms with Crippen molar-refractivity contribution in [3.8, 4) is 0 Å². The van der Waals surface area contributed by atoms with Crippen LogP contribution in [0.1, 0.15) is 48.5 Å². The zero-order chi connectivity index (χ0) is 14.9. The van der Waals surface area contributed by atoms with Crippen LogP contribution in [0, 0.1) is 12.8 Å². The monoisotopic (exact) mass is 335 g/mol. The predicted molar refractivity (Wildman–Crippen MR) is 81.0 cm³/mol. The first kappa shape index (κ1) is 15.8. The summed E-state index contributed by atoms with van der Waals surface area (Å²) in [7, 11) is 1.56. The maximum atomic E-state index is 12.2. The second-order valence-electron chi connectivity index (χ2n) is 5.26. The number of rotatable bonds is 6. The Morgan fingerprint density at radius 3 is 2.65 bits per heavy atom. The Hall–Kier alpha value is -0.590. The number of carbonyl (C=O) groups is 1. The molecule has 0 aromatic carbocycles. The minimum atomic E-state index is -3.78. The Balaban J connectivity index is 2.10. The SMILES string of the molecule is CCC(CC1CC1)NC(=O)c1csc(S(=O)(=O)Cl)c1C. The summed E-state index contributed by atoms with van der Waals surface area (Å²) in [6.45, 7) is 3.66. The zero-order valence-electron chi connectivity index (χ0n) is 11.5.